The van der Waals surface area contributed by atoms with Crippen LogP contribution in [-0.4, -0.2) is 53.7 Å². The van der Waals surface area contributed by atoms with Crippen LogP contribution in [0.3, 0.4) is 0 Å². The summed E-state index contributed by atoms with van der Waals surface area (Å²) in [6.45, 7) is 4.07. The van der Waals surface area contributed by atoms with Gasteiger partial charge in [-0.1, -0.05) is 55.5 Å². The molecular formula is C26H30N2O5. The van der Waals surface area contributed by atoms with Crippen molar-refractivity contribution in [2.24, 2.45) is 11.8 Å². The number of nitrogens with zero attached hydrogens (tertiary/aromatic N) is 1. The second-order valence-corrected chi connectivity index (χ2v) is 8.93. The Morgan fingerprint density at radius 1 is 1.09 bits per heavy atom. The van der Waals surface area contributed by atoms with E-state index < -0.39 is 12.1 Å². The lowest BCUT2D eigenvalue weighted by Gasteiger charge is -2.27. The van der Waals surface area contributed by atoms with Crippen molar-refractivity contribution in [2.75, 3.05) is 19.7 Å². The summed E-state index contributed by atoms with van der Waals surface area (Å²) in [5.74, 6) is -1.40. The Bertz CT molecular complexity index is 1010. The number of alkyl carbamates (subject to hydrolysis) is 1. The Hall–Kier alpha value is -3.35. The third-order valence-electron chi connectivity index (χ3n) is 6.80. The van der Waals surface area contributed by atoms with Gasteiger partial charge in [-0.15, -0.1) is 0 Å². The molecule has 2 aliphatic carbocycles. The Labute approximate surface area is 193 Å². The van der Waals surface area contributed by atoms with Crippen molar-refractivity contribution in [3.63, 3.8) is 0 Å². The molecule has 0 aromatic heterocycles. The number of fused-ring (bicyclic) bond motifs is 3. The number of benzene rings is 2. The third kappa shape index (κ3) is 4.87. The highest BCUT2D eigenvalue weighted by Crippen LogP contribution is 2.44. The van der Waals surface area contributed by atoms with Gasteiger partial charge in [-0.3, -0.25) is 9.59 Å². The Morgan fingerprint density at radius 2 is 1.70 bits per heavy atom. The molecule has 4 rings (SSSR count). The predicted molar refractivity (Wildman–Crippen MR) is 124 cm³/mol. The van der Waals surface area contributed by atoms with Gasteiger partial charge in [0.05, 0.1) is 0 Å². The molecule has 1 fully saturated rings. The highest BCUT2D eigenvalue weighted by Gasteiger charge is 2.46. The van der Waals surface area contributed by atoms with Crippen molar-refractivity contribution in [3.05, 3.63) is 59.7 Å². The van der Waals surface area contributed by atoms with E-state index in [0.29, 0.717) is 19.4 Å². The molecule has 0 heterocycles. The molecule has 0 bridgehead atoms. The fraction of sp³-hybridized carbons (Fsp3) is 0.423. The van der Waals surface area contributed by atoms with Crippen molar-refractivity contribution < 1.29 is 24.2 Å². The fourth-order valence-corrected chi connectivity index (χ4v) is 4.67. The Kier molecular flexibility index (Phi) is 6.67. The van der Waals surface area contributed by atoms with Crippen LogP contribution in [-0.2, 0) is 14.3 Å². The van der Waals surface area contributed by atoms with E-state index in [1.807, 2.05) is 38.1 Å². The second-order valence-electron chi connectivity index (χ2n) is 8.93. The highest BCUT2D eigenvalue weighted by atomic mass is 16.5. The number of ether oxygens (including phenoxy) is 1. The van der Waals surface area contributed by atoms with E-state index in [9.17, 15) is 14.4 Å². The lowest BCUT2D eigenvalue weighted by atomic mass is 9.98. The zero-order chi connectivity index (χ0) is 23.5. The van der Waals surface area contributed by atoms with Gasteiger partial charge < -0.3 is 20.1 Å². The van der Waals surface area contributed by atoms with Gasteiger partial charge in [-0.25, -0.2) is 4.79 Å². The van der Waals surface area contributed by atoms with Crippen molar-refractivity contribution >= 4 is 18.0 Å². The second kappa shape index (κ2) is 9.65. The number of hydrogen-bond donors (Lipinski definition) is 2. The van der Waals surface area contributed by atoms with Gasteiger partial charge in [0, 0.05) is 24.4 Å². The SMILES string of the molecule is CCC(C)N(CC(=O)O)C(=O)[C@@H]1C[C@@H]1CNC(=O)OCC1c2ccccc2-c2ccccc21. The van der Waals surface area contributed by atoms with Crippen molar-refractivity contribution in [1.29, 1.82) is 0 Å². The van der Waals surface area contributed by atoms with Gasteiger partial charge >= 0.3 is 12.1 Å². The van der Waals surface area contributed by atoms with Crippen LogP contribution in [0.4, 0.5) is 4.79 Å². The standard InChI is InChI=1S/C26H30N2O5/c1-3-16(2)28(14-24(29)30)25(31)22-12-17(22)13-27-26(32)33-15-23-20-10-6-4-8-18(20)19-9-5-7-11-21(19)23/h4-11,16-17,22-23H,3,12-15H2,1-2H3,(H,27,32)(H,29,30)/t16?,17-,22-/m1/s1. The Morgan fingerprint density at radius 3 is 2.27 bits per heavy atom. The van der Waals surface area contributed by atoms with E-state index >= 15 is 0 Å². The average molecular weight is 451 g/mol. The number of aliphatic carboxylic acids is 1. The lowest BCUT2D eigenvalue weighted by Crippen LogP contribution is -2.43. The van der Waals surface area contributed by atoms with Gasteiger partial charge in [0.2, 0.25) is 5.91 Å². The van der Waals surface area contributed by atoms with Crippen molar-refractivity contribution in [1.82, 2.24) is 10.2 Å². The van der Waals surface area contributed by atoms with Crippen LogP contribution in [0.2, 0.25) is 0 Å². The monoisotopic (exact) mass is 450 g/mol. The predicted octanol–water partition coefficient (Wildman–Crippen LogP) is 3.87. The summed E-state index contributed by atoms with van der Waals surface area (Å²) in [4.78, 5) is 37.7. The molecule has 2 aromatic carbocycles. The minimum Gasteiger partial charge on any atom is -0.480 e. The molecule has 174 valence electrons. The molecular weight excluding hydrogens is 420 g/mol. The normalized spacial score (nSPS) is 19.2. The molecule has 0 aliphatic heterocycles. The van der Waals surface area contributed by atoms with E-state index in [0.717, 1.165) is 11.1 Å². The number of hydrogen-bond acceptors (Lipinski definition) is 4. The number of carbonyl (C=O) groups is 3. The molecule has 33 heavy (non-hydrogen) atoms. The average Bonchev–Trinajstić information content (AvgIpc) is 3.53. The first-order valence-corrected chi connectivity index (χ1v) is 11.5. The smallest absolute Gasteiger partial charge is 0.407 e. The summed E-state index contributed by atoms with van der Waals surface area (Å²) in [7, 11) is 0. The van der Waals surface area contributed by atoms with Gasteiger partial charge in [0.25, 0.3) is 0 Å². The summed E-state index contributed by atoms with van der Waals surface area (Å²) in [5.41, 5.74) is 4.66. The molecule has 2 aromatic rings. The molecule has 0 spiro atoms. The first-order valence-electron chi connectivity index (χ1n) is 11.5. The third-order valence-corrected chi connectivity index (χ3v) is 6.80. The van der Waals surface area contributed by atoms with E-state index in [4.69, 9.17) is 9.84 Å². The first kappa shape index (κ1) is 22.8. The quantitative estimate of drug-likeness (QED) is 0.605. The largest absolute Gasteiger partial charge is 0.480 e. The van der Waals surface area contributed by atoms with Crippen LogP contribution < -0.4 is 5.32 Å². The Balaban J connectivity index is 1.28. The van der Waals surface area contributed by atoms with E-state index in [2.05, 4.69) is 29.6 Å². The maximum atomic E-state index is 12.7. The molecule has 2 N–H and O–H groups in total. The van der Waals surface area contributed by atoms with E-state index in [-0.39, 0.29) is 42.9 Å². The lowest BCUT2D eigenvalue weighted by molar-refractivity contribution is -0.146. The minimum atomic E-state index is -1.02. The van der Waals surface area contributed by atoms with Crippen LogP contribution in [0.1, 0.15) is 43.7 Å². The molecule has 0 radical (unpaired) electrons. The molecule has 1 unspecified atom stereocenters. The van der Waals surface area contributed by atoms with E-state index in [1.54, 1.807) is 0 Å². The molecule has 7 heteroatoms. The van der Waals surface area contributed by atoms with Crippen molar-refractivity contribution in [2.45, 2.75) is 38.6 Å². The summed E-state index contributed by atoms with van der Waals surface area (Å²) in [6, 6.07) is 16.2. The number of carbonyl (C=O) groups excluding carboxylic acids is 2. The van der Waals surface area contributed by atoms with Gasteiger partial charge in [0.1, 0.15) is 13.2 Å². The van der Waals surface area contributed by atoms with Crippen LogP contribution in [0.5, 0.6) is 0 Å². The molecule has 3 atom stereocenters. The highest BCUT2D eigenvalue weighted by molar-refractivity contribution is 5.85. The van der Waals surface area contributed by atoms with Crippen LogP contribution >= 0.6 is 0 Å². The fourth-order valence-electron chi connectivity index (χ4n) is 4.67. The zero-order valence-corrected chi connectivity index (χ0v) is 19.0. The minimum absolute atomic E-state index is 0.00138. The van der Waals surface area contributed by atoms with E-state index in [1.165, 1.54) is 16.0 Å². The first-order chi connectivity index (χ1) is 15.9. The maximum absolute atomic E-state index is 12.7. The van der Waals surface area contributed by atoms with Crippen molar-refractivity contribution in [3.8, 4) is 11.1 Å². The van der Waals surface area contributed by atoms with Gasteiger partial charge in [-0.05, 0) is 47.9 Å². The number of carboxylic acid groups (broad SMARTS) is 1. The number of amides is 2. The molecule has 0 saturated heterocycles. The van der Waals surface area contributed by atoms with Crippen LogP contribution in [0.15, 0.2) is 48.5 Å². The van der Waals surface area contributed by atoms with Crippen LogP contribution in [0, 0.1) is 11.8 Å². The molecule has 7 nitrogen and oxygen atoms in total. The van der Waals surface area contributed by atoms with Gasteiger partial charge in [0.15, 0.2) is 0 Å². The number of nitrogens with one attached hydrogen (secondary N) is 1. The summed E-state index contributed by atoms with van der Waals surface area (Å²) < 4.78 is 5.55. The van der Waals surface area contributed by atoms with Crippen LogP contribution in [0.25, 0.3) is 11.1 Å². The topological polar surface area (TPSA) is 95.9 Å². The summed E-state index contributed by atoms with van der Waals surface area (Å²) >= 11 is 0. The summed E-state index contributed by atoms with van der Waals surface area (Å²) in [6.07, 6.45) is 0.836. The molecule has 2 aliphatic rings. The maximum Gasteiger partial charge on any atom is 0.407 e. The zero-order valence-electron chi connectivity index (χ0n) is 19.0. The molecule has 2 amide bonds. The molecule has 1 saturated carbocycles. The number of carboxylic acids is 1. The number of rotatable bonds is 9. The van der Waals surface area contributed by atoms with Gasteiger partial charge in [-0.2, -0.15) is 0 Å². The summed E-state index contributed by atoms with van der Waals surface area (Å²) in [5, 5.41) is 11.9.